The fourth-order valence-electron chi connectivity index (χ4n) is 1.92. The number of amides is 1. The van der Waals surface area contributed by atoms with Gasteiger partial charge in [-0.1, -0.05) is 50.2 Å². The molecule has 0 aromatic carbocycles. The normalized spacial score (nSPS) is 11.1. The third kappa shape index (κ3) is 12.4. The van der Waals surface area contributed by atoms with Gasteiger partial charge in [-0.3, -0.25) is 4.79 Å². The summed E-state index contributed by atoms with van der Waals surface area (Å²) in [6.45, 7) is 13.4. The van der Waals surface area contributed by atoms with E-state index in [0.717, 1.165) is 38.8 Å². The van der Waals surface area contributed by atoms with Crippen LogP contribution in [0.4, 0.5) is 0 Å². The first-order valence-electron chi connectivity index (χ1n) is 9.24. The summed E-state index contributed by atoms with van der Waals surface area (Å²) in [6, 6.07) is 0. The maximum Gasteiger partial charge on any atom is 0.246 e. The van der Waals surface area contributed by atoms with Crippen LogP contribution in [0.2, 0.25) is 0 Å². The molecule has 0 bridgehead atoms. The zero-order valence-corrected chi connectivity index (χ0v) is 20.0. The predicted molar refractivity (Wildman–Crippen MR) is 123 cm³/mol. The molecular formula is C18H33NO3S4. The summed E-state index contributed by atoms with van der Waals surface area (Å²) >= 11 is 13.1. The summed E-state index contributed by atoms with van der Waals surface area (Å²) < 4.78 is 11.4. The Kier molecular flexibility index (Phi) is 14.9. The molecule has 0 radical (unpaired) electrons. The van der Waals surface area contributed by atoms with Crippen molar-refractivity contribution in [1.82, 2.24) is 4.90 Å². The van der Waals surface area contributed by atoms with Crippen molar-refractivity contribution in [2.75, 3.05) is 13.1 Å². The van der Waals surface area contributed by atoms with Crippen molar-refractivity contribution in [1.29, 1.82) is 0 Å². The molecule has 8 heteroatoms. The van der Waals surface area contributed by atoms with Gasteiger partial charge in [-0.15, -0.1) is 0 Å². The summed E-state index contributed by atoms with van der Waals surface area (Å²) in [5.74, 6) is 0.0336. The maximum atomic E-state index is 13.2. The minimum atomic E-state index is -0.485. The third-order valence-electron chi connectivity index (χ3n) is 3.15. The molecular weight excluding hydrogens is 406 g/mol. The summed E-state index contributed by atoms with van der Waals surface area (Å²) in [5.41, 5.74) is 0. The maximum absolute atomic E-state index is 13.2. The quantitative estimate of drug-likeness (QED) is 0.305. The smallest absolute Gasteiger partial charge is 0.246 e. The topological polar surface area (TPSA) is 38.8 Å². The lowest BCUT2D eigenvalue weighted by molar-refractivity contribution is -0.129. The van der Waals surface area contributed by atoms with Crippen LogP contribution in [0.5, 0.6) is 0 Å². The highest BCUT2D eigenvalue weighted by molar-refractivity contribution is 8.36. The van der Waals surface area contributed by atoms with Crippen LogP contribution in [0.3, 0.4) is 0 Å². The molecule has 0 rings (SSSR count). The molecule has 0 saturated carbocycles. The predicted octanol–water partition coefficient (Wildman–Crippen LogP) is 5.63. The number of carbonyl (C=O) groups excluding carboxylic acids is 1. The largest absolute Gasteiger partial charge is 0.476 e. The number of thiocarbonyl (C=S) groups is 2. The first kappa shape index (κ1) is 26.0. The Hall–Kier alpha value is -0.0500. The first-order chi connectivity index (χ1) is 12.2. The minimum absolute atomic E-state index is 0.0223. The number of rotatable bonds is 11. The molecule has 1 amide bonds. The molecule has 0 spiro atoms. The molecule has 0 aliphatic heterocycles. The van der Waals surface area contributed by atoms with Crippen molar-refractivity contribution in [3.05, 3.63) is 0 Å². The Bertz CT molecular complexity index is 412. The van der Waals surface area contributed by atoms with Gasteiger partial charge in [0.05, 0.1) is 12.2 Å². The van der Waals surface area contributed by atoms with Gasteiger partial charge in [-0.2, -0.15) is 0 Å². The lowest BCUT2D eigenvalue weighted by Crippen LogP contribution is -2.39. The molecule has 0 aromatic heterocycles. The average Bonchev–Trinajstić information content (AvgIpc) is 2.52. The number of hydrogen-bond donors (Lipinski definition) is 0. The van der Waals surface area contributed by atoms with Gasteiger partial charge < -0.3 is 14.4 Å². The number of unbranched alkanes of at least 4 members (excludes halogenated alkanes) is 2. The van der Waals surface area contributed by atoms with E-state index in [9.17, 15) is 4.79 Å². The molecule has 152 valence electrons. The van der Waals surface area contributed by atoms with Gasteiger partial charge in [0.15, 0.2) is 0 Å². The Morgan fingerprint density at radius 2 is 1.27 bits per heavy atom. The fourth-order valence-corrected chi connectivity index (χ4v) is 5.31. The van der Waals surface area contributed by atoms with Crippen LogP contribution in [0.25, 0.3) is 0 Å². The van der Waals surface area contributed by atoms with Crippen LogP contribution in [-0.2, 0) is 14.3 Å². The zero-order chi connectivity index (χ0) is 20.1. The lowest BCUT2D eigenvalue weighted by atomic mass is 10.2. The van der Waals surface area contributed by atoms with Gasteiger partial charge in [0.25, 0.3) is 0 Å². The van der Waals surface area contributed by atoms with E-state index in [-0.39, 0.29) is 18.1 Å². The second kappa shape index (κ2) is 14.9. The van der Waals surface area contributed by atoms with Gasteiger partial charge in [0, 0.05) is 13.1 Å². The molecule has 0 N–H and O–H groups in total. The summed E-state index contributed by atoms with van der Waals surface area (Å²) in [5, 5.41) is 0. The van der Waals surface area contributed by atoms with E-state index >= 15 is 0 Å². The van der Waals surface area contributed by atoms with E-state index in [2.05, 4.69) is 13.8 Å². The molecule has 0 unspecified atom stereocenters. The number of thioether (sulfide) groups is 2. The zero-order valence-electron chi connectivity index (χ0n) is 16.8. The van der Waals surface area contributed by atoms with Crippen molar-refractivity contribution < 1.29 is 14.3 Å². The second-order valence-corrected chi connectivity index (χ2v) is 10.1. The van der Waals surface area contributed by atoms with Crippen molar-refractivity contribution in [2.45, 2.75) is 84.0 Å². The van der Waals surface area contributed by atoms with Crippen molar-refractivity contribution in [3.63, 3.8) is 0 Å². The van der Waals surface area contributed by atoms with Crippen LogP contribution < -0.4 is 0 Å². The standard InChI is InChI=1S/C18H33NO3S4/c1-7-9-11-19(12-10-8-2)15(20)16(25-17(23)21-13(3)4)26-18(24)22-14(5)6/h13-14,16H,7-12H2,1-6H3. The second-order valence-electron chi connectivity index (χ2n) is 6.43. The lowest BCUT2D eigenvalue weighted by Gasteiger charge is -2.27. The van der Waals surface area contributed by atoms with Gasteiger partial charge in [0.1, 0.15) is 4.58 Å². The highest BCUT2D eigenvalue weighted by Gasteiger charge is 2.29. The average molecular weight is 440 g/mol. The molecule has 0 aliphatic carbocycles. The van der Waals surface area contributed by atoms with E-state index in [1.165, 1.54) is 23.5 Å². The highest BCUT2D eigenvalue weighted by atomic mass is 32.2. The van der Waals surface area contributed by atoms with Gasteiger partial charge >= 0.3 is 0 Å². The highest BCUT2D eigenvalue weighted by Crippen LogP contribution is 2.30. The van der Waals surface area contributed by atoms with Crippen molar-refractivity contribution in [3.8, 4) is 0 Å². The molecule has 0 aliphatic rings. The fraction of sp³-hybridized carbons (Fsp3) is 0.833. The Balaban J connectivity index is 5.17. The Labute approximate surface area is 178 Å². The summed E-state index contributed by atoms with van der Waals surface area (Å²) in [4.78, 5) is 15.1. The first-order valence-corrected chi connectivity index (χ1v) is 11.8. The van der Waals surface area contributed by atoms with E-state index in [4.69, 9.17) is 33.9 Å². The third-order valence-corrected chi connectivity index (χ3v) is 5.90. The monoisotopic (exact) mass is 439 g/mol. The summed E-state index contributed by atoms with van der Waals surface area (Å²) in [7, 11) is 0. The van der Waals surface area contributed by atoms with Crippen molar-refractivity contribution >= 4 is 62.6 Å². The molecule has 26 heavy (non-hydrogen) atoms. The van der Waals surface area contributed by atoms with Crippen molar-refractivity contribution in [2.24, 2.45) is 0 Å². The van der Waals surface area contributed by atoms with E-state index in [0.29, 0.717) is 8.77 Å². The molecule has 0 fully saturated rings. The molecule has 0 aromatic rings. The molecule has 0 atom stereocenters. The SMILES string of the molecule is CCCCN(CCCC)C(=O)C(SC(=S)OC(C)C)SC(=S)OC(C)C. The van der Waals surface area contributed by atoms with Crippen LogP contribution in [-0.4, -0.2) is 49.5 Å². The summed E-state index contributed by atoms with van der Waals surface area (Å²) in [6.07, 6.45) is 4.01. The van der Waals surface area contributed by atoms with Crippen LogP contribution in [0.1, 0.15) is 67.2 Å². The Morgan fingerprint density at radius 1 is 0.885 bits per heavy atom. The van der Waals surface area contributed by atoms with E-state index in [1.807, 2.05) is 32.6 Å². The van der Waals surface area contributed by atoms with E-state index in [1.54, 1.807) is 0 Å². The van der Waals surface area contributed by atoms with Crippen LogP contribution >= 0.6 is 48.0 Å². The van der Waals surface area contributed by atoms with Crippen LogP contribution in [0, 0.1) is 0 Å². The molecule has 4 nitrogen and oxygen atoms in total. The minimum Gasteiger partial charge on any atom is -0.476 e. The number of nitrogens with zero attached hydrogens (tertiary/aromatic N) is 1. The van der Waals surface area contributed by atoms with Crippen LogP contribution in [0.15, 0.2) is 0 Å². The Morgan fingerprint density at radius 3 is 1.58 bits per heavy atom. The number of carbonyl (C=O) groups is 1. The van der Waals surface area contributed by atoms with Gasteiger partial charge in [0.2, 0.25) is 14.7 Å². The van der Waals surface area contributed by atoms with Gasteiger partial charge in [-0.25, -0.2) is 0 Å². The molecule has 0 saturated heterocycles. The van der Waals surface area contributed by atoms with E-state index < -0.39 is 4.58 Å². The number of ether oxygens (including phenoxy) is 2. The number of hydrogen-bond acceptors (Lipinski definition) is 7. The molecule has 0 heterocycles. The van der Waals surface area contributed by atoms with Gasteiger partial charge in [-0.05, 0) is 65.0 Å².